The summed E-state index contributed by atoms with van der Waals surface area (Å²) in [5, 5.41) is 22.9. The van der Waals surface area contributed by atoms with Gasteiger partial charge in [0.05, 0.1) is 18.8 Å². The number of carbonyl (C=O) groups is 1. The molecule has 0 radical (unpaired) electrons. The van der Waals surface area contributed by atoms with Crippen molar-refractivity contribution in [1.29, 1.82) is 0 Å². The van der Waals surface area contributed by atoms with E-state index in [-0.39, 0.29) is 12.5 Å². The van der Waals surface area contributed by atoms with Crippen molar-refractivity contribution < 1.29 is 15.0 Å². The van der Waals surface area contributed by atoms with Gasteiger partial charge in [-0.15, -0.1) is 0 Å². The topological polar surface area (TPSA) is 69.6 Å². The summed E-state index contributed by atoms with van der Waals surface area (Å²) in [4.78, 5) is 12.3. The van der Waals surface area contributed by atoms with Gasteiger partial charge in [0.1, 0.15) is 0 Å². The number of hydrogen-bond donors (Lipinski definition) is 3. The minimum atomic E-state index is -0.862. The predicted molar refractivity (Wildman–Crippen MR) is 188 cm³/mol. The van der Waals surface area contributed by atoms with E-state index in [0.717, 1.165) is 44.9 Å². The number of rotatable bonds is 33. The van der Waals surface area contributed by atoms with Crippen molar-refractivity contribution in [2.24, 2.45) is 0 Å². The third-order valence-electron chi connectivity index (χ3n) is 8.35. The van der Waals surface area contributed by atoms with Crippen molar-refractivity contribution in [3.63, 3.8) is 0 Å². The molecule has 0 bridgehead atoms. The van der Waals surface area contributed by atoms with Gasteiger partial charge in [0.2, 0.25) is 5.91 Å². The average Bonchev–Trinajstić information content (AvgIpc) is 3.01. The monoisotopic (exact) mass is 604 g/mol. The van der Waals surface area contributed by atoms with Crippen molar-refractivity contribution in [2.45, 2.75) is 199 Å². The lowest BCUT2D eigenvalue weighted by Gasteiger charge is -2.19. The molecule has 0 aromatic heterocycles. The molecule has 4 heteroatoms. The van der Waals surface area contributed by atoms with Gasteiger partial charge in [0.15, 0.2) is 0 Å². The maximum absolute atomic E-state index is 12.3. The van der Waals surface area contributed by atoms with E-state index in [4.69, 9.17) is 0 Å². The third kappa shape index (κ3) is 31.8. The van der Waals surface area contributed by atoms with Gasteiger partial charge < -0.3 is 15.5 Å². The summed E-state index contributed by atoms with van der Waals surface area (Å²) in [6, 6.07) is -0.640. The van der Waals surface area contributed by atoms with E-state index in [1.54, 1.807) is 6.08 Å². The Labute approximate surface area is 268 Å². The molecule has 0 fully saturated rings. The number of unbranched alkanes of at least 4 members (excludes halogenated alkanes) is 22. The highest BCUT2D eigenvalue weighted by Crippen LogP contribution is 2.13. The van der Waals surface area contributed by atoms with Crippen LogP contribution in [0, 0.1) is 0 Å². The average molecular weight is 604 g/mol. The first-order chi connectivity index (χ1) is 21.2. The standard InChI is InChI=1S/C39H73NO3/c1-3-5-7-9-11-13-15-17-18-19-20-21-23-24-26-28-30-32-34-38(42)37(36-41)40-39(43)35-33-31-29-27-25-22-16-14-12-10-8-6-4-2/h14,16,24,26,32,34,37-38,41-42H,3-13,15,17-23,25,27-31,33,35-36H2,1-2H3,(H,40,43)/b16-14-,26-24+,34-32+. The SMILES string of the molecule is CCCCCC/C=C\CCCCCCCC(=O)NC(CO)C(O)/C=C/CC/C=C/CCCCCCCCCCCCCC. The zero-order chi connectivity index (χ0) is 31.5. The molecule has 0 aromatic carbocycles. The lowest BCUT2D eigenvalue weighted by Crippen LogP contribution is -2.45. The Balaban J connectivity index is 3.68. The fourth-order valence-electron chi connectivity index (χ4n) is 5.42. The van der Waals surface area contributed by atoms with Crippen LogP contribution in [0.1, 0.15) is 187 Å². The molecule has 0 aliphatic carbocycles. The first kappa shape index (κ1) is 41.6. The molecule has 4 nitrogen and oxygen atoms in total. The summed E-state index contributed by atoms with van der Waals surface area (Å²) in [6.07, 6.45) is 45.2. The number of hydrogen-bond acceptors (Lipinski definition) is 3. The quantitative estimate of drug-likeness (QED) is 0.0516. The highest BCUT2D eigenvalue weighted by Gasteiger charge is 2.17. The zero-order valence-corrected chi connectivity index (χ0v) is 28.7. The molecule has 43 heavy (non-hydrogen) atoms. The molecule has 1 amide bonds. The Morgan fingerprint density at radius 3 is 1.37 bits per heavy atom. The van der Waals surface area contributed by atoms with Gasteiger partial charge in [0, 0.05) is 6.42 Å². The first-order valence-corrected chi connectivity index (χ1v) is 18.7. The Bertz CT molecular complexity index is 657. The molecule has 3 N–H and O–H groups in total. The maximum Gasteiger partial charge on any atom is 0.220 e. The molecule has 252 valence electrons. The van der Waals surface area contributed by atoms with Crippen LogP contribution in [0.2, 0.25) is 0 Å². The minimum Gasteiger partial charge on any atom is -0.394 e. The smallest absolute Gasteiger partial charge is 0.220 e. The Hall–Kier alpha value is -1.39. The van der Waals surface area contributed by atoms with E-state index in [9.17, 15) is 15.0 Å². The Kier molecular flexibility index (Phi) is 34.0. The third-order valence-corrected chi connectivity index (χ3v) is 8.35. The van der Waals surface area contributed by atoms with Gasteiger partial charge in [-0.2, -0.15) is 0 Å². The van der Waals surface area contributed by atoms with Crippen LogP contribution in [0.15, 0.2) is 36.5 Å². The fraction of sp³-hybridized carbons (Fsp3) is 0.821. The molecule has 0 spiro atoms. The summed E-state index contributed by atoms with van der Waals surface area (Å²) < 4.78 is 0. The second-order valence-corrected chi connectivity index (χ2v) is 12.6. The van der Waals surface area contributed by atoms with Crippen LogP contribution in [0.5, 0.6) is 0 Å². The van der Waals surface area contributed by atoms with Crippen molar-refractivity contribution >= 4 is 5.91 Å². The van der Waals surface area contributed by atoms with Crippen LogP contribution in [-0.4, -0.2) is 34.9 Å². The van der Waals surface area contributed by atoms with E-state index in [1.807, 2.05) is 6.08 Å². The van der Waals surface area contributed by atoms with Crippen LogP contribution in [0.4, 0.5) is 0 Å². The molecule has 0 saturated carbocycles. The Morgan fingerprint density at radius 1 is 0.535 bits per heavy atom. The molecule has 0 rings (SSSR count). The number of carbonyl (C=O) groups excluding carboxylic acids is 1. The van der Waals surface area contributed by atoms with E-state index >= 15 is 0 Å². The summed E-state index contributed by atoms with van der Waals surface area (Å²) in [5.74, 6) is -0.0850. The van der Waals surface area contributed by atoms with Gasteiger partial charge in [-0.05, 0) is 57.8 Å². The van der Waals surface area contributed by atoms with Crippen LogP contribution in [-0.2, 0) is 4.79 Å². The van der Waals surface area contributed by atoms with Gasteiger partial charge >= 0.3 is 0 Å². The van der Waals surface area contributed by atoms with Crippen molar-refractivity contribution in [1.82, 2.24) is 5.32 Å². The van der Waals surface area contributed by atoms with E-state index in [1.165, 1.54) is 122 Å². The maximum atomic E-state index is 12.3. The number of nitrogens with one attached hydrogen (secondary N) is 1. The lowest BCUT2D eigenvalue weighted by atomic mass is 10.0. The molecule has 2 atom stereocenters. The molecule has 2 unspecified atom stereocenters. The first-order valence-electron chi connectivity index (χ1n) is 18.7. The lowest BCUT2D eigenvalue weighted by molar-refractivity contribution is -0.123. The largest absolute Gasteiger partial charge is 0.394 e. The van der Waals surface area contributed by atoms with Crippen molar-refractivity contribution in [3.05, 3.63) is 36.5 Å². The molecular formula is C39H73NO3. The van der Waals surface area contributed by atoms with Gasteiger partial charge in [0.25, 0.3) is 0 Å². The molecular weight excluding hydrogens is 530 g/mol. The van der Waals surface area contributed by atoms with Crippen LogP contribution >= 0.6 is 0 Å². The Morgan fingerprint density at radius 2 is 0.907 bits per heavy atom. The fourth-order valence-corrected chi connectivity index (χ4v) is 5.42. The summed E-state index contributed by atoms with van der Waals surface area (Å²) in [7, 11) is 0. The minimum absolute atomic E-state index is 0.0850. The summed E-state index contributed by atoms with van der Waals surface area (Å²) >= 11 is 0. The highest BCUT2D eigenvalue weighted by molar-refractivity contribution is 5.76. The molecule has 0 aromatic rings. The summed E-state index contributed by atoms with van der Waals surface area (Å²) in [6.45, 7) is 4.26. The summed E-state index contributed by atoms with van der Waals surface area (Å²) in [5.41, 5.74) is 0. The van der Waals surface area contributed by atoms with Gasteiger partial charge in [-0.1, -0.05) is 159 Å². The second-order valence-electron chi connectivity index (χ2n) is 12.6. The van der Waals surface area contributed by atoms with E-state index in [0.29, 0.717) is 6.42 Å². The predicted octanol–water partition coefficient (Wildman–Crippen LogP) is 11.1. The van der Waals surface area contributed by atoms with Crippen LogP contribution in [0.25, 0.3) is 0 Å². The molecule has 0 saturated heterocycles. The van der Waals surface area contributed by atoms with Gasteiger partial charge in [-0.25, -0.2) is 0 Å². The van der Waals surface area contributed by atoms with Crippen molar-refractivity contribution in [2.75, 3.05) is 6.61 Å². The van der Waals surface area contributed by atoms with E-state index in [2.05, 4.69) is 43.5 Å². The number of allylic oxidation sites excluding steroid dienone is 5. The molecule has 0 aliphatic heterocycles. The number of aliphatic hydroxyl groups is 2. The van der Waals surface area contributed by atoms with Crippen LogP contribution < -0.4 is 5.32 Å². The normalized spacial score (nSPS) is 13.5. The van der Waals surface area contributed by atoms with Crippen LogP contribution in [0.3, 0.4) is 0 Å². The number of amides is 1. The molecule has 0 heterocycles. The number of aliphatic hydroxyl groups excluding tert-OH is 2. The zero-order valence-electron chi connectivity index (χ0n) is 28.7. The second kappa shape index (κ2) is 35.1. The van der Waals surface area contributed by atoms with Gasteiger partial charge in [-0.3, -0.25) is 4.79 Å². The van der Waals surface area contributed by atoms with E-state index < -0.39 is 12.1 Å². The van der Waals surface area contributed by atoms with Crippen molar-refractivity contribution in [3.8, 4) is 0 Å². The molecule has 0 aliphatic rings. The highest BCUT2D eigenvalue weighted by atomic mass is 16.3.